The Morgan fingerprint density at radius 2 is 1.88 bits per heavy atom. The van der Waals surface area contributed by atoms with Gasteiger partial charge in [0, 0.05) is 32.6 Å². The molecule has 24 heavy (non-hydrogen) atoms. The molecule has 122 valence electrons. The Morgan fingerprint density at radius 1 is 1.12 bits per heavy atom. The summed E-state index contributed by atoms with van der Waals surface area (Å²) in [5.41, 5.74) is 4.30. The molecule has 1 aliphatic rings. The average Bonchev–Trinajstić information content (AvgIpc) is 3.16. The molecule has 1 aliphatic heterocycles. The van der Waals surface area contributed by atoms with E-state index in [1.54, 1.807) is 17.8 Å². The smallest absolute Gasteiger partial charge is 0.133 e. The molecule has 0 atom stereocenters. The van der Waals surface area contributed by atoms with E-state index in [-0.39, 0.29) is 0 Å². The highest BCUT2D eigenvalue weighted by Crippen LogP contribution is 2.38. The van der Waals surface area contributed by atoms with E-state index in [1.807, 2.05) is 16.8 Å². The first-order chi connectivity index (χ1) is 11.7. The summed E-state index contributed by atoms with van der Waals surface area (Å²) in [5.74, 6) is 1.03. The second-order valence-corrected chi connectivity index (χ2v) is 7.31. The number of thioether (sulfide) groups is 1. The summed E-state index contributed by atoms with van der Waals surface area (Å²) < 4.78 is 1.91. The van der Waals surface area contributed by atoms with Crippen molar-refractivity contribution in [3.05, 3.63) is 58.1 Å². The Labute approximate surface area is 155 Å². The highest BCUT2D eigenvalue weighted by Gasteiger charge is 2.25. The minimum absolute atomic E-state index is 0.603. The molecular weight excluding hydrogens is 361 g/mol. The normalized spacial score (nSPS) is 13.0. The minimum Gasteiger partial charge on any atom is -0.369 e. The topological polar surface area (TPSA) is 29.9 Å². The molecule has 1 N–H and O–H groups in total. The lowest BCUT2D eigenvalue weighted by Crippen LogP contribution is -2.04. The lowest BCUT2D eigenvalue weighted by Gasteiger charge is -2.08. The maximum atomic E-state index is 6.17. The van der Waals surface area contributed by atoms with E-state index < -0.39 is 0 Å². The fourth-order valence-electron chi connectivity index (χ4n) is 3.08. The fourth-order valence-corrected chi connectivity index (χ4v) is 4.19. The van der Waals surface area contributed by atoms with Crippen LogP contribution in [0, 0.1) is 0 Å². The molecule has 0 saturated carbocycles. The summed E-state index contributed by atoms with van der Waals surface area (Å²) in [6.07, 6.45) is 3.05. The summed E-state index contributed by atoms with van der Waals surface area (Å²) in [6, 6.07) is 13.9. The van der Waals surface area contributed by atoms with Crippen molar-refractivity contribution >= 4 is 40.8 Å². The van der Waals surface area contributed by atoms with Crippen LogP contribution in [0.5, 0.6) is 0 Å². The second kappa shape index (κ2) is 6.36. The Kier molecular flexibility index (Phi) is 4.21. The van der Waals surface area contributed by atoms with Gasteiger partial charge in [0.05, 0.1) is 11.4 Å². The summed E-state index contributed by atoms with van der Waals surface area (Å²) in [7, 11) is 0. The maximum Gasteiger partial charge on any atom is 0.133 e. The molecule has 0 saturated heterocycles. The van der Waals surface area contributed by atoms with Crippen LogP contribution in [-0.4, -0.2) is 22.6 Å². The van der Waals surface area contributed by atoms with Crippen LogP contribution < -0.4 is 5.32 Å². The third-order valence-corrected chi connectivity index (χ3v) is 5.34. The highest BCUT2D eigenvalue weighted by atomic mass is 35.5. The molecule has 0 radical (unpaired) electrons. The average molecular weight is 376 g/mol. The van der Waals surface area contributed by atoms with Gasteiger partial charge in [-0.25, -0.2) is 4.68 Å². The van der Waals surface area contributed by atoms with Crippen molar-refractivity contribution in [2.45, 2.75) is 11.3 Å². The lowest BCUT2D eigenvalue weighted by molar-refractivity contribution is 0.881. The number of aromatic nitrogens is 2. The molecule has 0 aliphatic carbocycles. The monoisotopic (exact) mass is 375 g/mol. The molecule has 6 heteroatoms. The molecule has 3 nitrogen and oxygen atoms in total. The molecule has 0 spiro atoms. The number of nitrogens with zero attached hydrogens (tertiary/aromatic N) is 2. The van der Waals surface area contributed by atoms with Crippen molar-refractivity contribution < 1.29 is 0 Å². The SMILES string of the molecule is CSc1ccccc1-c1nn(-c2cc(Cl)cc(Cl)c2)c2c1CCN2. The first kappa shape index (κ1) is 15.9. The van der Waals surface area contributed by atoms with Crippen LogP contribution in [-0.2, 0) is 6.42 Å². The van der Waals surface area contributed by atoms with Gasteiger partial charge in [-0.1, -0.05) is 41.4 Å². The summed E-state index contributed by atoms with van der Waals surface area (Å²) in [4.78, 5) is 1.22. The van der Waals surface area contributed by atoms with Gasteiger partial charge >= 0.3 is 0 Å². The molecule has 4 rings (SSSR count). The van der Waals surface area contributed by atoms with Gasteiger partial charge < -0.3 is 5.32 Å². The van der Waals surface area contributed by atoms with Crippen LogP contribution in [0.25, 0.3) is 16.9 Å². The Balaban J connectivity index is 1.92. The van der Waals surface area contributed by atoms with Crippen molar-refractivity contribution in [3.8, 4) is 16.9 Å². The minimum atomic E-state index is 0.603. The number of halogens is 2. The van der Waals surface area contributed by atoms with Gasteiger partial charge in [0.25, 0.3) is 0 Å². The van der Waals surface area contributed by atoms with Gasteiger partial charge in [-0.2, -0.15) is 5.10 Å². The molecule has 3 aromatic rings. The van der Waals surface area contributed by atoms with Crippen molar-refractivity contribution in [1.82, 2.24) is 9.78 Å². The molecule has 0 amide bonds. The summed E-state index contributed by atoms with van der Waals surface area (Å²) in [5, 5.41) is 9.53. The molecule has 2 heterocycles. The quantitative estimate of drug-likeness (QED) is 0.609. The van der Waals surface area contributed by atoms with E-state index in [9.17, 15) is 0 Å². The molecule has 2 aromatic carbocycles. The van der Waals surface area contributed by atoms with Gasteiger partial charge in [-0.05, 0) is 36.9 Å². The third kappa shape index (κ3) is 2.69. The van der Waals surface area contributed by atoms with Gasteiger partial charge in [-0.3, -0.25) is 0 Å². The standard InChI is InChI=1S/C18H15Cl2N3S/c1-24-16-5-3-2-4-14(16)17-15-6-7-21-18(15)23(22-17)13-9-11(19)8-12(20)10-13/h2-5,8-10,21H,6-7H2,1H3. The fraction of sp³-hybridized carbons (Fsp3) is 0.167. The summed E-state index contributed by atoms with van der Waals surface area (Å²) >= 11 is 14.1. The van der Waals surface area contributed by atoms with Gasteiger partial charge in [0.15, 0.2) is 0 Å². The predicted molar refractivity (Wildman–Crippen MR) is 103 cm³/mol. The number of rotatable bonds is 3. The first-order valence-corrected chi connectivity index (χ1v) is 9.61. The van der Waals surface area contributed by atoms with Crippen LogP contribution >= 0.6 is 35.0 Å². The molecule has 0 fully saturated rings. The van der Waals surface area contributed by atoms with Crippen LogP contribution in [0.3, 0.4) is 0 Å². The zero-order valence-corrected chi connectivity index (χ0v) is 15.3. The van der Waals surface area contributed by atoms with Crippen molar-refractivity contribution in [3.63, 3.8) is 0 Å². The molecule has 0 bridgehead atoms. The number of benzene rings is 2. The van der Waals surface area contributed by atoms with E-state index in [4.69, 9.17) is 28.3 Å². The van der Waals surface area contributed by atoms with Gasteiger partial charge in [0.1, 0.15) is 5.82 Å². The van der Waals surface area contributed by atoms with E-state index in [2.05, 4.69) is 35.8 Å². The van der Waals surface area contributed by atoms with E-state index in [0.29, 0.717) is 10.0 Å². The lowest BCUT2D eigenvalue weighted by atomic mass is 10.1. The van der Waals surface area contributed by atoms with E-state index in [0.717, 1.165) is 35.7 Å². The number of hydrogen-bond acceptors (Lipinski definition) is 3. The number of fused-ring (bicyclic) bond motifs is 1. The van der Waals surface area contributed by atoms with Crippen molar-refractivity contribution in [2.75, 3.05) is 18.1 Å². The van der Waals surface area contributed by atoms with Crippen molar-refractivity contribution in [1.29, 1.82) is 0 Å². The maximum absolute atomic E-state index is 6.17. The zero-order valence-electron chi connectivity index (χ0n) is 13.0. The number of anilines is 1. The highest BCUT2D eigenvalue weighted by molar-refractivity contribution is 7.98. The van der Waals surface area contributed by atoms with Crippen molar-refractivity contribution in [2.24, 2.45) is 0 Å². The second-order valence-electron chi connectivity index (χ2n) is 5.59. The molecule has 1 aromatic heterocycles. The Hall–Kier alpha value is -1.62. The van der Waals surface area contributed by atoms with Gasteiger partial charge in [-0.15, -0.1) is 11.8 Å². The Morgan fingerprint density at radius 3 is 2.62 bits per heavy atom. The van der Waals surface area contributed by atoms with E-state index in [1.165, 1.54) is 10.5 Å². The van der Waals surface area contributed by atoms with Crippen LogP contribution in [0.1, 0.15) is 5.56 Å². The zero-order chi connectivity index (χ0) is 16.7. The van der Waals surface area contributed by atoms with Crippen LogP contribution in [0.4, 0.5) is 5.82 Å². The van der Waals surface area contributed by atoms with Crippen LogP contribution in [0.2, 0.25) is 10.0 Å². The van der Waals surface area contributed by atoms with Crippen LogP contribution in [0.15, 0.2) is 47.4 Å². The summed E-state index contributed by atoms with van der Waals surface area (Å²) in [6.45, 7) is 0.913. The predicted octanol–water partition coefficient (Wildman–Crippen LogP) is 5.54. The molecular formula is C18H15Cl2N3S. The van der Waals surface area contributed by atoms with Gasteiger partial charge in [0.2, 0.25) is 0 Å². The van der Waals surface area contributed by atoms with E-state index >= 15 is 0 Å². The molecule has 0 unspecified atom stereocenters. The Bertz CT molecular complexity index is 900. The first-order valence-electron chi connectivity index (χ1n) is 7.63. The number of nitrogens with one attached hydrogen (secondary N) is 1. The third-order valence-electron chi connectivity index (χ3n) is 4.10. The largest absolute Gasteiger partial charge is 0.369 e. The number of hydrogen-bond donors (Lipinski definition) is 1.